The van der Waals surface area contributed by atoms with Crippen LogP contribution in [-0.4, -0.2) is 19.3 Å². The van der Waals surface area contributed by atoms with Crippen molar-refractivity contribution in [3.05, 3.63) is 52.7 Å². The third-order valence-electron chi connectivity index (χ3n) is 5.54. The van der Waals surface area contributed by atoms with Crippen LogP contribution in [0.15, 0.2) is 41.1 Å². The van der Waals surface area contributed by atoms with Gasteiger partial charge in [-0.1, -0.05) is 32.9 Å². The minimum absolute atomic E-state index is 0.0665. The lowest BCUT2D eigenvalue weighted by Gasteiger charge is -2.41. The van der Waals surface area contributed by atoms with E-state index in [0.29, 0.717) is 0 Å². The highest BCUT2D eigenvalue weighted by Crippen LogP contribution is 2.42. The maximum Gasteiger partial charge on any atom is 0.0410 e. The molecular formula is C22H31N3. The van der Waals surface area contributed by atoms with E-state index in [1.54, 1.807) is 0 Å². The Morgan fingerprint density at radius 3 is 2.84 bits per heavy atom. The van der Waals surface area contributed by atoms with E-state index in [9.17, 15) is 0 Å². The second kappa shape index (κ2) is 7.17. The largest absolute Gasteiger partial charge is 0.367 e. The number of anilines is 1. The molecule has 2 N–H and O–H groups in total. The average Bonchev–Trinajstić information content (AvgIpc) is 2.85. The third-order valence-corrected chi connectivity index (χ3v) is 5.54. The highest BCUT2D eigenvalue weighted by molar-refractivity contribution is 5.72. The van der Waals surface area contributed by atoms with Gasteiger partial charge in [0.1, 0.15) is 0 Å². The number of hydrogen-bond acceptors (Lipinski definition) is 3. The Morgan fingerprint density at radius 1 is 1.32 bits per heavy atom. The van der Waals surface area contributed by atoms with Gasteiger partial charge in [0, 0.05) is 37.2 Å². The summed E-state index contributed by atoms with van der Waals surface area (Å²) in [7, 11) is 0. The van der Waals surface area contributed by atoms with E-state index in [4.69, 9.17) is 5.73 Å². The number of nitrogens with zero attached hydrogens (tertiary/aromatic N) is 2. The van der Waals surface area contributed by atoms with Crippen LogP contribution in [0.25, 0.3) is 0 Å². The van der Waals surface area contributed by atoms with Crippen LogP contribution in [0.3, 0.4) is 0 Å². The number of fused-ring (bicyclic) bond motifs is 1. The van der Waals surface area contributed by atoms with Crippen LogP contribution >= 0.6 is 0 Å². The summed E-state index contributed by atoms with van der Waals surface area (Å²) in [5, 5.41) is 0. The summed E-state index contributed by atoms with van der Waals surface area (Å²) in [5.74, 6) is 0. The molecule has 3 nitrogen and oxygen atoms in total. The Bertz CT molecular complexity index is 723. The topological polar surface area (TPSA) is 41.6 Å². The van der Waals surface area contributed by atoms with Crippen molar-refractivity contribution in [2.24, 2.45) is 10.7 Å². The van der Waals surface area contributed by atoms with Crippen molar-refractivity contribution < 1.29 is 0 Å². The Kier molecular flexibility index (Phi) is 5.14. The van der Waals surface area contributed by atoms with Gasteiger partial charge in [0.15, 0.2) is 0 Å². The first-order chi connectivity index (χ1) is 11.9. The second-order valence-electron chi connectivity index (χ2n) is 7.98. The molecule has 0 fully saturated rings. The zero-order chi connectivity index (χ0) is 18.0. The SMILES string of the molecule is CCc1cc2c(cc1C(C)N)N(CC1=CN=CC=CC1)CCC2(C)C. The van der Waals surface area contributed by atoms with Gasteiger partial charge in [-0.2, -0.15) is 0 Å². The molecule has 2 aliphatic rings. The van der Waals surface area contributed by atoms with Crippen LogP contribution < -0.4 is 10.6 Å². The molecular weight excluding hydrogens is 306 g/mol. The molecule has 0 radical (unpaired) electrons. The summed E-state index contributed by atoms with van der Waals surface area (Å²) in [4.78, 5) is 6.88. The van der Waals surface area contributed by atoms with E-state index < -0.39 is 0 Å². The van der Waals surface area contributed by atoms with Crippen molar-refractivity contribution in [3.63, 3.8) is 0 Å². The van der Waals surface area contributed by atoms with E-state index >= 15 is 0 Å². The number of benzene rings is 1. The molecule has 0 spiro atoms. The van der Waals surface area contributed by atoms with Crippen molar-refractivity contribution in [2.45, 2.75) is 58.4 Å². The van der Waals surface area contributed by atoms with Gasteiger partial charge in [0.05, 0.1) is 0 Å². The molecule has 1 aromatic carbocycles. The third kappa shape index (κ3) is 3.72. The number of aryl methyl sites for hydroxylation is 1. The molecule has 0 amide bonds. The van der Waals surface area contributed by atoms with Crippen molar-refractivity contribution in [1.82, 2.24) is 0 Å². The molecule has 2 aliphatic heterocycles. The number of hydrogen-bond donors (Lipinski definition) is 1. The maximum absolute atomic E-state index is 6.28. The predicted molar refractivity (Wildman–Crippen MR) is 109 cm³/mol. The second-order valence-corrected chi connectivity index (χ2v) is 7.98. The van der Waals surface area contributed by atoms with Crippen LogP contribution in [0.5, 0.6) is 0 Å². The molecule has 0 bridgehead atoms. The molecule has 0 saturated carbocycles. The first kappa shape index (κ1) is 17.9. The van der Waals surface area contributed by atoms with Crippen molar-refractivity contribution in [2.75, 3.05) is 18.0 Å². The zero-order valence-corrected chi connectivity index (χ0v) is 16.0. The van der Waals surface area contributed by atoms with Crippen LogP contribution in [-0.2, 0) is 11.8 Å². The van der Waals surface area contributed by atoms with Crippen molar-refractivity contribution in [1.29, 1.82) is 0 Å². The van der Waals surface area contributed by atoms with E-state index in [0.717, 1.165) is 25.9 Å². The van der Waals surface area contributed by atoms with Gasteiger partial charge in [-0.3, -0.25) is 4.99 Å². The van der Waals surface area contributed by atoms with Gasteiger partial charge in [0.2, 0.25) is 0 Å². The summed E-state index contributed by atoms with van der Waals surface area (Å²) < 4.78 is 0. The van der Waals surface area contributed by atoms with E-state index in [1.165, 1.54) is 34.4 Å². The Balaban J connectivity index is 2.01. The smallest absolute Gasteiger partial charge is 0.0410 e. The molecule has 0 aromatic heterocycles. The van der Waals surface area contributed by atoms with Crippen LogP contribution in [0.1, 0.15) is 63.3 Å². The number of allylic oxidation sites excluding steroid dienone is 2. The monoisotopic (exact) mass is 337 g/mol. The van der Waals surface area contributed by atoms with Crippen LogP contribution in [0.4, 0.5) is 5.69 Å². The van der Waals surface area contributed by atoms with E-state index in [1.807, 2.05) is 18.5 Å². The van der Waals surface area contributed by atoms with Gasteiger partial charge in [-0.05, 0) is 66.0 Å². The predicted octanol–water partition coefficient (Wildman–Crippen LogP) is 4.67. The number of aliphatic imine (C=N–C) groups is 1. The summed E-state index contributed by atoms with van der Waals surface area (Å²) in [6.07, 6.45) is 11.3. The summed E-state index contributed by atoms with van der Waals surface area (Å²) in [6, 6.07) is 4.84. The van der Waals surface area contributed by atoms with Gasteiger partial charge < -0.3 is 10.6 Å². The summed E-state index contributed by atoms with van der Waals surface area (Å²) in [5.41, 5.74) is 13.4. The lowest BCUT2D eigenvalue weighted by atomic mass is 9.75. The fraction of sp³-hybridized carbons (Fsp3) is 0.500. The van der Waals surface area contributed by atoms with Crippen LogP contribution in [0.2, 0.25) is 0 Å². The minimum atomic E-state index is 0.0665. The fourth-order valence-electron chi connectivity index (χ4n) is 3.90. The highest BCUT2D eigenvalue weighted by atomic mass is 15.1. The average molecular weight is 338 g/mol. The van der Waals surface area contributed by atoms with Crippen LogP contribution in [0, 0.1) is 0 Å². The lowest BCUT2D eigenvalue weighted by Crippen LogP contribution is -2.38. The van der Waals surface area contributed by atoms with E-state index in [-0.39, 0.29) is 11.5 Å². The molecule has 1 unspecified atom stereocenters. The molecule has 0 saturated heterocycles. The zero-order valence-electron chi connectivity index (χ0n) is 16.0. The normalized spacial score (nSPS) is 20.0. The number of rotatable bonds is 4. The first-order valence-corrected chi connectivity index (χ1v) is 9.46. The molecule has 2 heterocycles. The maximum atomic E-state index is 6.28. The molecule has 0 aliphatic carbocycles. The quantitative estimate of drug-likeness (QED) is 0.867. The fourth-order valence-corrected chi connectivity index (χ4v) is 3.90. The molecule has 3 rings (SSSR count). The van der Waals surface area contributed by atoms with Gasteiger partial charge >= 0.3 is 0 Å². The Labute approximate surface area is 152 Å². The van der Waals surface area contributed by atoms with Gasteiger partial charge in [-0.25, -0.2) is 0 Å². The van der Waals surface area contributed by atoms with Crippen molar-refractivity contribution >= 4 is 11.9 Å². The molecule has 134 valence electrons. The molecule has 3 heteroatoms. The Hall–Kier alpha value is -1.87. The lowest BCUT2D eigenvalue weighted by molar-refractivity contribution is 0.456. The molecule has 25 heavy (non-hydrogen) atoms. The van der Waals surface area contributed by atoms with Gasteiger partial charge in [-0.15, -0.1) is 0 Å². The first-order valence-electron chi connectivity index (χ1n) is 9.46. The minimum Gasteiger partial charge on any atom is -0.367 e. The standard InChI is InChI=1S/C22H31N3/c1-5-18-12-20-21(13-19(18)16(2)23)25(11-9-22(20,3)4)15-17-8-6-7-10-24-14-17/h6-7,10,12-14,16H,5,8-9,11,15,23H2,1-4H3. The van der Waals surface area contributed by atoms with Gasteiger partial charge in [0.25, 0.3) is 0 Å². The number of nitrogens with two attached hydrogens (primary N) is 1. The van der Waals surface area contributed by atoms with Crippen molar-refractivity contribution in [3.8, 4) is 0 Å². The summed E-state index contributed by atoms with van der Waals surface area (Å²) >= 11 is 0. The summed E-state index contributed by atoms with van der Waals surface area (Å²) in [6.45, 7) is 11.1. The molecule has 1 atom stereocenters. The molecule has 1 aromatic rings. The highest BCUT2D eigenvalue weighted by Gasteiger charge is 2.32. The Morgan fingerprint density at radius 2 is 2.12 bits per heavy atom. The van der Waals surface area contributed by atoms with E-state index in [2.05, 4.69) is 55.8 Å².